The number of hydrogen-bond donors (Lipinski definition) is 0. The number of anilines is 1. The van der Waals surface area contributed by atoms with E-state index in [1.165, 1.54) is 0 Å². The van der Waals surface area contributed by atoms with Gasteiger partial charge in [0.05, 0.1) is 6.42 Å². The second-order valence-electron chi connectivity index (χ2n) is 6.75. The number of imidazole rings is 1. The Labute approximate surface area is 174 Å². The number of aromatic nitrogens is 2. The maximum Gasteiger partial charge on any atom is 0.227 e. The van der Waals surface area contributed by atoms with Gasteiger partial charge in [-0.25, -0.2) is 4.98 Å². The van der Waals surface area contributed by atoms with Gasteiger partial charge in [0, 0.05) is 54.3 Å². The molecule has 1 aliphatic rings. The summed E-state index contributed by atoms with van der Waals surface area (Å²) < 4.78 is 2.02. The smallest absolute Gasteiger partial charge is 0.227 e. The molecule has 0 spiro atoms. The molecule has 1 fully saturated rings. The van der Waals surface area contributed by atoms with Crippen LogP contribution in [0.3, 0.4) is 0 Å². The first kappa shape index (κ1) is 18.8. The van der Waals surface area contributed by atoms with Crippen LogP contribution in [-0.4, -0.2) is 46.5 Å². The summed E-state index contributed by atoms with van der Waals surface area (Å²) in [6.45, 7) is 2.83. The SMILES string of the molecule is O=C(Cc1ccc(Cl)cc1)N1CCN(c2nccn2-c2cccc(Cl)c2)CC1. The van der Waals surface area contributed by atoms with Crippen LogP contribution in [0.4, 0.5) is 5.95 Å². The average Bonchev–Trinajstić information content (AvgIpc) is 3.20. The number of hydrogen-bond acceptors (Lipinski definition) is 3. The van der Waals surface area contributed by atoms with E-state index in [-0.39, 0.29) is 5.91 Å². The lowest BCUT2D eigenvalue weighted by molar-refractivity contribution is -0.130. The highest BCUT2D eigenvalue weighted by Crippen LogP contribution is 2.22. The number of piperazine rings is 1. The van der Waals surface area contributed by atoms with Crippen LogP contribution in [0.15, 0.2) is 60.9 Å². The Kier molecular flexibility index (Phi) is 5.55. The zero-order valence-corrected chi connectivity index (χ0v) is 16.8. The minimum Gasteiger partial charge on any atom is -0.339 e. The second-order valence-corrected chi connectivity index (χ2v) is 7.62. The summed E-state index contributed by atoms with van der Waals surface area (Å²) in [6.07, 6.45) is 4.11. The quantitative estimate of drug-likeness (QED) is 0.645. The van der Waals surface area contributed by atoms with Crippen LogP contribution in [0.2, 0.25) is 10.0 Å². The van der Waals surface area contributed by atoms with Gasteiger partial charge in [0.15, 0.2) is 0 Å². The summed E-state index contributed by atoms with van der Waals surface area (Å²) >= 11 is 12.0. The van der Waals surface area contributed by atoms with Gasteiger partial charge < -0.3 is 9.80 Å². The van der Waals surface area contributed by atoms with Crippen molar-refractivity contribution in [2.24, 2.45) is 0 Å². The van der Waals surface area contributed by atoms with Gasteiger partial charge in [-0.2, -0.15) is 0 Å². The van der Waals surface area contributed by atoms with Crippen molar-refractivity contribution in [2.75, 3.05) is 31.1 Å². The summed E-state index contributed by atoms with van der Waals surface area (Å²) in [5.41, 5.74) is 1.95. The molecule has 4 rings (SSSR count). The average molecular weight is 415 g/mol. The normalized spacial score (nSPS) is 14.4. The zero-order chi connectivity index (χ0) is 19.5. The predicted octanol–water partition coefficient (Wildman–Crippen LogP) is 4.07. The summed E-state index contributed by atoms with van der Waals surface area (Å²) in [6, 6.07) is 15.1. The summed E-state index contributed by atoms with van der Waals surface area (Å²) in [5.74, 6) is 1.01. The fourth-order valence-electron chi connectivity index (χ4n) is 3.40. The van der Waals surface area contributed by atoms with E-state index < -0.39 is 0 Å². The lowest BCUT2D eigenvalue weighted by atomic mass is 10.1. The molecule has 0 aliphatic carbocycles. The van der Waals surface area contributed by atoms with Gasteiger partial charge in [0.1, 0.15) is 0 Å². The Balaban J connectivity index is 1.40. The highest BCUT2D eigenvalue weighted by atomic mass is 35.5. The van der Waals surface area contributed by atoms with Crippen LogP contribution < -0.4 is 4.90 Å². The first-order valence-electron chi connectivity index (χ1n) is 9.16. The maximum absolute atomic E-state index is 12.6. The van der Waals surface area contributed by atoms with Gasteiger partial charge in [-0.1, -0.05) is 41.4 Å². The van der Waals surface area contributed by atoms with Crippen molar-refractivity contribution in [1.82, 2.24) is 14.5 Å². The largest absolute Gasteiger partial charge is 0.339 e. The fourth-order valence-corrected chi connectivity index (χ4v) is 3.71. The van der Waals surface area contributed by atoms with E-state index in [9.17, 15) is 4.79 Å². The zero-order valence-electron chi connectivity index (χ0n) is 15.3. The van der Waals surface area contributed by atoms with Gasteiger partial charge >= 0.3 is 0 Å². The lowest BCUT2D eigenvalue weighted by Gasteiger charge is -2.35. The number of carbonyl (C=O) groups excluding carboxylic acids is 1. The Bertz CT molecular complexity index is 963. The molecule has 0 atom stereocenters. The van der Waals surface area contributed by atoms with Gasteiger partial charge in [0.2, 0.25) is 11.9 Å². The fraction of sp³-hybridized carbons (Fsp3) is 0.238. The third kappa shape index (κ3) is 4.16. The van der Waals surface area contributed by atoms with Crippen LogP contribution >= 0.6 is 23.2 Å². The van der Waals surface area contributed by atoms with E-state index in [1.54, 1.807) is 6.20 Å². The number of rotatable bonds is 4. The van der Waals surface area contributed by atoms with E-state index in [2.05, 4.69) is 9.88 Å². The van der Waals surface area contributed by atoms with E-state index in [0.29, 0.717) is 29.6 Å². The van der Waals surface area contributed by atoms with Crippen molar-refractivity contribution in [3.63, 3.8) is 0 Å². The summed E-state index contributed by atoms with van der Waals surface area (Å²) in [7, 11) is 0. The van der Waals surface area contributed by atoms with Gasteiger partial charge in [-0.3, -0.25) is 9.36 Å². The van der Waals surface area contributed by atoms with Crippen LogP contribution in [0.5, 0.6) is 0 Å². The Morgan fingerprint density at radius 1 is 0.964 bits per heavy atom. The molecule has 1 aromatic heterocycles. The van der Waals surface area contributed by atoms with Crippen LogP contribution in [0.1, 0.15) is 5.56 Å². The molecule has 0 bridgehead atoms. The lowest BCUT2D eigenvalue weighted by Crippen LogP contribution is -2.49. The van der Waals surface area contributed by atoms with Crippen molar-refractivity contribution in [1.29, 1.82) is 0 Å². The third-order valence-corrected chi connectivity index (χ3v) is 5.38. The number of amides is 1. The molecule has 5 nitrogen and oxygen atoms in total. The minimum absolute atomic E-state index is 0.139. The molecule has 2 aromatic carbocycles. The predicted molar refractivity (Wildman–Crippen MR) is 113 cm³/mol. The second kappa shape index (κ2) is 8.25. The van der Waals surface area contributed by atoms with Crippen LogP contribution in [0.25, 0.3) is 5.69 Å². The van der Waals surface area contributed by atoms with E-state index >= 15 is 0 Å². The van der Waals surface area contributed by atoms with Crippen molar-refractivity contribution in [3.05, 3.63) is 76.5 Å². The van der Waals surface area contributed by atoms with E-state index in [1.807, 2.05) is 64.2 Å². The molecule has 3 aromatic rings. The molecule has 144 valence electrons. The van der Waals surface area contributed by atoms with E-state index in [4.69, 9.17) is 23.2 Å². The molecule has 0 unspecified atom stereocenters. The molecular formula is C21H20Cl2N4O. The first-order valence-corrected chi connectivity index (χ1v) is 9.92. The standard InChI is InChI=1S/C21H20Cl2N4O/c22-17-6-4-16(5-7-17)14-20(28)25-10-12-26(13-11-25)21-24-8-9-27(21)19-3-1-2-18(23)15-19/h1-9,15H,10-14H2. The number of carbonyl (C=O) groups is 1. The van der Waals surface area contributed by atoms with Crippen molar-refractivity contribution < 1.29 is 4.79 Å². The molecule has 28 heavy (non-hydrogen) atoms. The van der Waals surface area contributed by atoms with E-state index in [0.717, 1.165) is 30.3 Å². The van der Waals surface area contributed by atoms with Gasteiger partial charge in [-0.15, -0.1) is 0 Å². The number of benzene rings is 2. The van der Waals surface area contributed by atoms with Gasteiger partial charge in [-0.05, 0) is 35.9 Å². The van der Waals surface area contributed by atoms with Crippen molar-refractivity contribution >= 4 is 35.1 Å². The molecule has 0 radical (unpaired) electrons. The van der Waals surface area contributed by atoms with Crippen molar-refractivity contribution in [3.8, 4) is 5.69 Å². The molecule has 1 aliphatic heterocycles. The molecule has 0 N–H and O–H groups in total. The molecule has 7 heteroatoms. The first-order chi connectivity index (χ1) is 13.6. The minimum atomic E-state index is 0.139. The van der Waals surface area contributed by atoms with Crippen molar-refractivity contribution in [2.45, 2.75) is 6.42 Å². The molecule has 2 heterocycles. The van der Waals surface area contributed by atoms with Crippen LogP contribution in [-0.2, 0) is 11.2 Å². The Hall–Kier alpha value is -2.50. The molecule has 0 saturated carbocycles. The number of halogens is 2. The maximum atomic E-state index is 12.6. The Morgan fingerprint density at radius 2 is 1.71 bits per heavy atom. The highest BCUT2D eigenvalue weighted by molar-refractivity contribution is 6.30. The molecular weight excluding hydrogens is 395 g/mol. The van der Waals surface area contributed by atoms with Crippen LogP contribution in [0, 0.1) is 0 Å². The summed E-state index contributed by atoms with van der Waals surface area (Å²) in [5, 5.41) is 1.37. The Morgan fingerprint density at radius 3 is 2.43 bits per heavy atom. The molecule has 1 saturated heterocycles. The topological polar surface area (TPSA) is 41.4 Å². The third-order valence-electron chi connectivity index (χ3n) is 4.89. The monoisotopic (exact) mass is 414 g/mol. The summed E-state index contributed by atoms with van der Waals surface area (Å²) in [4.78, 5) is 21.2. The molecule has 1 amide bonds. The van der Waals surface area contributed by atoms with Gasteiger partial charge in [0.25, 0.3) is 0 Å². The number of nitrogens with zero attached hydrogens (tertiary/aromatic N) is 4. The highest BCUT2D eigenvalue weighted by Gasteiger charge is 2.24.